The molecular formula is C23H20BrN3O2. The van der Waals surface area contributed by atoms with Crippen LogP contribution in [0.25, 0.3) is 0 Å². The van der Waals surface area contributed by atoms with Crippen molar-refractivity contribution in [2.24, 2.45) is 5.92 Å². The first kappa shape index (κ1) is 19.3. The quantitative estimate of drug-likeness (QED) is 0.767. The Morgan fingerprint density at radius 3 is 2.69 bits per heavy atom. The van der Waals surface area contributed by atoms with Gasteiger partial charge < -0.3 is 10.2 Å². The lowest BCUT2D eigenvalue weighted by Crippen LogP contribution is -2.46. The van der Waals surface area contributed by atoms with Crippen LogP contribution in [0, 0.1) is 12.8 Å². The summed E-state index contributed by atoms with van der Waals surface area (Å²) in [6, 6.07) is 9.40. The maximum Gasteiger partial charge on any atom is 0.260 e. The number of fused-ring (bicyclic) bond motifs is 1. The third-order valence-corrected chi connectivity index (χ3v) is 5.47. The SMILES string of the molecule is Cc1ccc(N(CC2=CC3C=CC=CC3NC2=O)C(=O)c2cncc(Br)c2)cc1. The van der Waals surface area contributed by atoms with Crippen LogP contribution in [0.4, 0.5) is 5.69 Å². The van der Waals surface area contributed by atoms with Gasteiger partial charge in [-0.05, 0) is 41.1 Å². The number of hydrogen-bond acceptors (Lipinski definition) is 3. The van der Waals surface area contributed by atoms with E-state index in [9.17, 15) is 9.59 Å². The molecule has 5 nitrogen and oxygen atoms in total. The molecule has 0 saturated carbocycles. The van der Waals surface area contributed by atoms with Crippen molar-refractivity contribution in [1.29, 1.82) is 0 Å². The van der Waals surface area contributed by atoms with Gasteiger partial charge >= 0.3 is 0 Å². The Hall–Kier alpha value is -2.99. The van der Waals surface area contributed by atoms with Gasteiger partial charge in [-0.15, -0.1) is 0 Å². The van der Waals surface area contributed by atoms with Crippen LogP contribution >= 0.6 is 15.9 Å². The number of amides is 2. The topological polar surface area (TPSA) is 62.3 Å². The highest BCUT2D eigenvalue weighted by Crippen LogP contribution is 2.25. The predicted molar refractivity (Wildman–Crippen MR) is 117 cm³/mol. The average molecular weight is 450 g/mol. The van der Waals surface area contributed by atoms with Crippen molar-refractivity contribution in [2.75, 3.05) is 11.4 Å². The van der Waals surface area contributed by atoms with E-state index in [1.807, 2.05) is 55.5 Å². The highest BCUT2D eigenvalue weighted by Gasteiger charge is 2.29. The van der Waals surface area contributed by atoms with E-state index in [-0.39, 0.29) is 30.3 Å². The van der Waals surface area contributed by atoms with Crippen molar-refractivity contribution in [3.63, 3.8) is 0 Å². The van der Waals surface area contributed by atoms with Crippen LogP contribution in [-0.4, -0.2) is 29.4 Å². The zero-order valence-electron chi connectivity index (χ0n) is 15.9. The number of allylic oxidation sites excluding steroid dienone is 2. The molecule has 1 aliphatic heterocycles. The van der Waals surface area contributed by atoms with Crippen LogP contribution < -0.4 is 10.2 Å². The summed E-state index contributed by atoms with van der Waals surface area (Å²) in [5.41, 5.74) is 2.86. The molecule has 2 amide bonds. The van der Waals surface area contributed by atoms with E-state index < -0.39 is 0 Å². The van der Waals surface area contributed by atoms with Gasteiger partial charge in [0.25, 0.3) is 5.91 Å². The van der Waals surface area contributed by atoms with E-state index >= 15 is 0 Å². The van der Waals surface area contributed by atoms with E-state index in [4.69, 9.17) is 0 Å². The zero-order valence-corrected chi connectivity index (χ0v) is 17.5. The van der Waals surface area contributed by atoms with Gasteiger partial charge in [0.05, 0.1) is 18.2 Å². The first-order valence-corrected chi connectivity index (χ1v) is 10.2. The van der Waals surface area contributed by atoms with Crippen LogP contribution in [0.5, 0.6) is 0 Å². The lowest BCUT2D eigenvalue weighted by atomic mass is 9.89. The van der Waals surface area contributed by atoms with Crippen LogP contribution in [0.3, 0.4) is 0 Å². The molecular weight excluding hydrogens is 430 g/mol. The first-order chi connectivity index (χ1) is 14.0. The van der Waals surface area contributed by atoms with Crippen molar-refractivity contribution < 1.29 is 9.59 Å². The van der Waals surface area contributed by atoms with Gasteiger partial charge in [0, 0.05) is 34.0 Å². The molecule has 2 atom stereocenters. The Morgan fingerprint density at radius 1 is 1.17 bits per heavy atom. The molecule has 1 aliphatic carbocycles. The Bertz CT molecular complexity index is 1040. The maximum atomic E-state index is 13.3. The van der Waals surface area contributed by atoms with Gasteiger partial charge in [-0.2, -0.15) is 0 Å². The minimum Gasteiger partial charge on any atom is -0.345 e. The fourth-order valence-corrected chi connectivity index (χ4v) is 3.83. The van der Waals surface area contributed by atoms with E-state index in [2.05, 4.69) is 32.3 Å². The number of aromatic nitrogens is 1. The molecule has 0 bridgehead atoms. The van der Waals surface area contributed by atoms with E-state index in [1.165, 1.54) is 6.20 Å². The largest absolute Gasteiger partial charge is 0.345 e. The number of nitrogens with zero attached hydrogens (tertiary/aromatic N) is 2. The molecule has 6 heteroatoms. The van der Waals surface area contributed by atoms with Gasteiger partial charge in [-0.25, -0.2) is 0 Å². The molecule has 0 saturated heterocycles. The Kier molecular flexibility index (Phi) is 5.45. The first-order valence-electron chi connectivity index (χ1n) is 9.37. The fraction of sp³-hybridized carbons (Fsp3) is 0.174. The number of halogens is 1. The molecule has 2 aliphatic rings. The molecule has 1 N–H and O–H groups in total. The van der Waals surface area contributed by atoms with E-state index in [1.54, 1.807) is 17.2 Å². The molecule has 4 rings (SSSR count). The summed E-state index contributed by atoms with van der Waals surface area (Å²) < 4.78 is 0.726. The van der Waals surface area contributed by atoms with Crippen LogP contribution in [0.15, 0.2) is 83.2 Å². The van der Waals surface area contributed by atoms with Crippen molar-refractivity contribution in [3.8, 4) is 0 Å². The van der Waals surface area contributed by atoms with Crippen molar-refractivity contribution in [2.45, 2.75) is 13.0 Å². The highest BCUT2D eigenvalue weighted by molar-refractivity contribution is 9.10. The summed E-state index contributed by atoms with van der Waals surface area (Å²) in [5.74, 6) is -0.267. The highest BCUT2D eigenvalue weighted by atomic mass is 79.9. The molecule has 29 heavy (non-hydrogen) atoms. The standard InChI is InChI=1S/C23H20BrN3O2/c1-15-6-8-20(9-7-15)27(23(29)17-11-19(24)13-25-12-17)14-18-10-16-4-2-3-5-21(16)26-22(18)28/h2-13,16,21H,14H2,1H3,(H,26,28). The number of hydrogen-bond donors (Lipinski definition) is 1. The van der Waals surface area contributed by atoms with E-state index in [0.717, 1.165) is 15.7 Å². The molecule has 1 aromatic heterocycles. The monoisotopic (exact) mass is 449 g/mol. The number of aryl methyl sites for hydroxylation is 1. The van der Waals surface area contributed by atoms with Crippen molar-refractivity contribution >= 4 is 33.4 Å². The summed E-state index contributed by atoms with van der Waals surface area (Å²) in [4.78, 5) is 31.7. The fourth-order valence-electron chi connectivity index (χ4n) is 3.46. The average Bonchev–Trinajstić information content (AvgIpc) is 2.72. The van der Waals surface area contributed by atoms with E-state index in [0.29, 0.717) is 11.1 Å². The smallest absolute Gasteiger partial charge is 0.260 e. The molecule has 1 aromatic carbocycles. The molecule has 2 aromatic rings. The van der Waals surface area contributed by atoms with Gasteiger partial charge in [-0.3, -0.25) is 14.6 Å². The Morgan fingerprint density at radius 2 is 1.93 bits per heavy atom. The lowest BCUT2D eigenvalue weighted by molar-refractivity contribution is -0.118. The minimum atomic E-state index is -0.211. The number of carbonyl (C=O) groups is 2. The normalized spacial score (nSPS) is 19.9. The number of benzene rings is 1. The maximum absolute atomic E-state index is 13.3. The molecule has 2 heterocycles. The lowest BCUT2D eigenvalue weighted by Gasteiger charge is -2.31. The van der Waals surface area contributed by atoms with Crippen LogP contribution in [0.2, 0.25) is 0 Å². The second-order valence-electron chi connectivity index (χ2n) is 7.16. The Labute approximate surface area is 178 Å². The summed E-state index contributed by atoms with van der Waals surface area (Å²) in [6.45, 7) is 2.18. The molecule has 0 radical (unpaired) electrons. The summed E-state index contributed by atoms with van der Waals surface area (Å²) in [7, 11) is 0. The van der Waals surface area contributed by atoms with Gasteiger partial charge in [0.1, 0.15) is 0 Å². The van der Waals surface area contributed by atoms with Crippen molar-refractivity contribution in [1.82, 2.24) is 10.3 Å². The third-order valence-electron chi connectivity index (χ3n) is 5.03. The predicted octanol–water partition coefficient (Wildman–Crippen LogP) is 3.97. The summed E-state index contributed by atoms with van der Waals surface area (Å²) in [6.07, 6.45) is 13.1. The van der Waals surface area contributed by atoms with Crippen LogP contribution in [-0.2, 0) is 4.79 Å². The second kappa shape index (κ2) is 8.17. The van der Waals surface area contributed by atoms with Crippen LogP contribution in [0.1, 0.15) is 15.9 Å². The molecule has 0 spiro atoms. The number of anilines is 1. The number of pyridine rings is 1. The number of rotatable bonds is 4. The second-order valence-corrected chi connectivity index (χ2v) is 8.07. The minimum absolute atomic E-state index is 0.0333. The third kappa shape index (κ3) is 4.22. The van der Waals surface area contributed by atoms with Gasteiger partial charge in [-0.1, -0.05) is 48.1 Å². The van der Waals surface area contributed by atoms with Gasteiger partial charge in [0.15, 0.2) is 0 Å². The van der Waals surface area contributed by atoms with Crippen molar-refractivity contribution in [3.05, 3.63) is 94.3 Å². The molecule has 0 fully saturated rings. The molecule has 146 valence electrons. The summed E-state index contributed by atoms with van der Waals surface area (Å²) in [5, 5.41) is 3.02. The summed E-state index contributed by atoms with van der Waals surface area (Å²) >= 11 is 3.37. The Balaban J connectivity index is 1.69. The van der Waals surface area contributed by atoms with Gasteiger partial charge in [0.2, 0.25) is 5.91 Å². The number of nitrogens with one attached hydrogen (secondary N) is 1. The molecule has 2 unspecified atom stereocenters. The number of carbonyl (C=O) groups excluding carboxylic acids is 2. The zero-order chi connectivity index (χ0) is 20.4.